The molecule has 132 valence electrons. The fourth-order valence-electron chi connectivity index (χ4n) is 3.05. The largest absolute Gasteiger partial charge is 0.0587 e. The smallest absolute Gasteiger partial charge is 0.0105 e. The zero-order chi connectivity index (χ0) is 18.7. The van der Waals surface area contributed by atoms with Crippen LogP contribution in [-0.2, 0) is 5.41 Å². The molecule has 0 saturated heterocycles. The van der Waals surface area contributed by atoms with Gasteiger partial charge < -0.3 is 0 Å². The molecule has 0 fully saturated rings. The monoisotopic (exact) mass is 340 g/mol. The third kappa shape index (κ3) is 4.32. The van der Waals surface area contributed by atoms with E-state index in [2.05, 4.69) is 113 Å². The Balaban J connectivity index is 2.08. The summed E-state index contributed by atoms with van der Waals surface area (Å²) in [6.07, 6.45) is 2.29. The lowest BCUT2D eigenvalue weighted by Gasteiger charge is -2.19. The summed E-state index contributed by atoms with van der Waals surface area (Å²) in [5.74, 6) is 0. The van der Waals surface area contributed by atoms with Crippen molar-refractivity contribution in [1.29, 1.82) is 0 Å². The van der Waals surface area contributed by atoms with Crippen molar-refractivity contribution in [2.24, 2.45) is 0 Å². The maximum atomic E-state index is 2.29. The van der Waals surface area contributed by atoms with E-state index in [0.29, 0.717) is 0 Å². The summed E-state index contributed by atoms with van der Waals surface area (Å²) in [5, 5.41) is 0. The Morgan fingerprint density at radius 3 is 1.50 bits per heavy atom. The molecule has 0 heteroatoms. The minimum atomic E-state index is 0.170. The van der Waals surface area contributed by atoms with E-state index in [9.17, 15) is 0 Å². The Labute approximate surface area is 158 Å². The Bertz CT molecular complexity index is 884. The van der Waals surface area contributed by atoms with E-state index in [1.165, 1.54) is 39.0 Å². The predicted molar refractivity (Wildman–Crippen MR) is 114 cm³/mol. The second-order valence-electron chi connectivity index (χ2n) is 8.16. The van der Waals surface area contributed by atoms with Gasteiger partial charge in [-0.3, -0.25) is 0 Å². The highest BCUT2D eigenvalue weighted by molar-refractivity contribution is 5.91. The lowest BCUT2D eigenvalue weighted by Crippen LogP contribution is -2.10. The summed E-state index contributed by atoms with van der Waals surface area (Å²) >= 11 is 0. The van der Waals surface area contributed by atoms with Crippen LogP contribution in [0.3, 0.4) is 0 Å². The van der Waals surface area contributed by atoms with Crippen LogP contribution in [-0.4, -0.2) is 0 Å². The van der Waals surface area contributed by atoms with Crippen LogP contribution >= 0.6 is 0 Å². The van der Waals surface area contributed by atoms with Gasteiger partial charge in [0.2, 0.25) is 0 Å². The molecule has 0 saturated carbocycles. The fraction of sp³-hybridized carbons (Fsp3) is 0.231. The van der Waals surface area contributed by atoms with Crippen molar-refractivity contribution in [3.63, 3.8) is 0 Å². The number of aryl methyl sites for hydroxylation is 2. The van der Waals surface area contributed by atoms with E-state index >= 15 is 0 Å². The molecule has 0 N–H and O–H groups in total. The highest BCUT2D eigenvalue weighted by atomic mass is 14.2. The molecule has 0 nitrogen and oxygen atoms in total. The SMILES string of the molecule is Cc1ccc(C=C(c2ccc(C)cc2)c2ccc(C(C)(C)C)cc2)cc1. The van der Waals surface area contributed by atoms with E-state index in [4.69, 9.17) is 0 Å². The molecule has 0 radical (unpaired) electrons. The summed E-state index contributed by atoms with van der Waals surface area (Å²) in [6.45, 7) is 11.0. The third-order valence-electron chi connectivity index (χ3n) is 4.81. The first-order valence-corrected chi connectivity index (χ1v) is 9.29. The van der Waals surface area contributed by atoms with Gasteiger partial charge in [0.1, 0.15) is 0 Å². The molecule has 3 rings (SSSR count). The maximum absolute atomic E-state index is 2.29. The van der Waals surface area contributed by atoms with Crippen molar-refractivity contribution in [3.05, 3.63) is 106 Å². The van der Waals surface area contributed by atoms with Crippen LogP contribution < -0.4 is 0 Å². The summed E-state index contributed by atoms with van der Waals surface area (Å²) in [4.78, 5) is 0. The van der Waals surface area contributed by atoms with Crippen molar-refractivity contribution in [2.75, 3.05) is 0 Å². The Morgan fingerprint density at radius 2 is 1.04 bits per heavy atom. The molecule has 3 aromatic rings. The molecule has 0 atom stereocenters. The van der Waals surface area contributed by atoms with Crippen molar-refractivity contribution >= 4 is 11.6 Å². The topological polar surface area (TPSA) is 0 Å². The molecule has 0 unspecified atom stereocenters. The predicted octanol–water partition coefficient (Wildman–Crippen LogP) is 7.19. The molecular formula is C26H28. The van der Waals surface area contributed by atoms with Gasteiger partial charge in [-0.05, 0) is 53.2 Å². The van der Waals surface area contributed by atoms with Gasteiger partial charge in [-0.1, -0.05) is 105 Å². The number of hydrogen-bond acceptors (Lipinski definition) is 0. The molecule has 0 aliphatic carbocycles. The lowest BCUT2D eigenvalue weighted by atomic mass is 9.85. The van der Waals surface area contributed by atoms with Crippen LogP contribution in [0.2, 0.25) is 0 Å². The molecule has 0 amide bonds. The molecule has 0 spiro atoms. The van der Waals surface area contributed by atoms with Gasteiger partial charge in [0, 0.05) is 0 Å². The van der Waals surface area contributed by atoms with Gasteiger partial charge in [0.05, 0.1) is 0 Å². The standard InChI is InChI=1S/C26H28/c1-19-6-10-21(11-7-19)18-25(22-12-8-20(2)9-13-22)23-14-16-24(17-15-23)26(3,4)5/h6-18H,1-5H3. The van der Waals surface area contributed by atoms with Gasteiger partial charge in [0.15, 0.2) is 0 Å². The second-order valence-corrected chi connectivity index (χ2v) is 8.16. The van der Waals surface area contributed by atoms with Crippen LogP contribution in [0.25, 0.3) is 11.6 Å². The van der Waals surface area contributed by atoms with Crippen molar-refractivity contribution in [1.82, 2.24) is 0 Å². The molecule has 0 bridgehead atoms. The Kier molecular flexibility index (Phi) is 5.13. The second kappa shape index (κ2) is 7.33. The van der Waals surface area contributed by atoms with E-state index in [0.717, 1.165) is 0 Å². The fourth-order valence-corrected chi connectivity index (χ4v) is 3.05. The lowest BCUT2D eigenvalue weighted by molar-refractivity contribution is 0.590. The van der Waals surface area contributed by atoms with Gasteiger partial charge in [-0.15, -0.1) is 0 Å². The summed E-state index contributed by atoms with van der Waals surface area (Å²) in [7, 11) is 0. The maximum Gasteiger partial charge on any atom is -0.0105 e. The highest BCUT2D eigenvalue weighted by Crippen LogP contribution is 2.29. The van der Waals surface area contributed by atoms with Crippen LogP contribution in [0.1, 0.15) is 54.2 Å². The molecule has 0 heterocycles. The highest BCUT2D eigenvalue weighted by Gasteiger charge is 2.14. The zero-order valence-corrected chi connectivity index (χ0v) is 16.5. The minimum Gasteiger partial charge on any atom is -0.0587 e. The van der Waals surface area contributed by atoms with Crippen LogP contribution in [0.15, 0.2) is 72.8 Å². The van der Waals surface area contributed by atoms with Crippen molar-refractivity contribution < 1.29 is 0 Å². The van der Waals surface area contributed by atoms with Gasteiger partial charge >= 0.3 is 0 Å². The quantitative estimate of drug-likeness (QED) is 0.443. The van der Waals surface area contributed by atoms with E-state index in [-0.39, 0.29) is 5.41 Å². The normalized spacial score (nSPS) is 12.3. The number of benzene rings is 3. The number of hydrogen-bond donors (Lipinski definition) is 0. The van der Waals surface area contributed by atoms with Crippen molar-refractivity contribution in [3.8, 4) is 0 Å². The third-order valence-corrected chi connectivity index (χ3v) is 4.81. The molecule has 26 heavy (non-hydrogen) atoms. The average Bonchev–Trinajstić information content (AvgIpc) is 2.62. The molecule has 0 aliphatic rings. The Hall–Kier alpha value is -2.60. The summed E-state index contributed by atoms with van der Waals surface area (Å²) < 4.78 is 0. The summed E-state index contributed by atoms with van der Waals surface area (Å²) in [5.41, 5.74) is 9.09. The minimum absolute atomic E-state index is 0.170. The average molecular weight is 341 g/mol. The van der Waals surface area contributed by atoms with Crippen molar-refractivity contribution in [2.45, 2.75) is 40.0 Å². The first-order chi connectivity index (χ1) is 12.3. The van der Waals surface area contributed by atoms with Crippen LogP contribution in [0.5, 0.6) is 0 Å². The van der Waals surface area contributed by atoms with Crippen LogP contribution in [0, 0.1) is 13.8 Å². The Morgan fingerprint density at radius 1 is 0.615 bits per heavy atom. The van der Waals surface area contributed by atoms with E-state index in [1.54, 1.807) is 0 Å². The van der Waals surface area contributed by atoms with Gasteiger partial charge in [0.25, 0.3) is 0 Å². The molecule has 0 aliphatic heterocycles. The van der Waals surface area contributed by atoms with E-state index in [1.807, 2.05) is 0 Å². The number of rotatable bonds is 3. The molecular weight excluding hydrogens is 312 g/mol. The van der Waals surface area contributed by atoms with Gasteiger partial charge in [-0.25, -0.2) is 0 Å². The van der Waals surface area contributed by atoms with Crippen LogP contribution in [0.4, 0.5) is 0 Å². The van der Waals surface area contributed by atoms with Gasteiger partial charge in [-0.2, -0.15) is 0 Å². The molecule has 0 aromatic heterocycles. The first-order valence-electron chi connectivity index (χ1n) is 9.29. The molecule has 3 aromatic carbocycles. The first kappa shape index (κ1) is 18.2. The van der Waals surface area contributed by atoms with E-state index < -0.39 is 0 Å². The summed E-state index contributed by atoms with van der Waals surface area (Å²) in [6, 6.07) is 26.5. The zero-order valence-electron chi connectivity index (χ0n) is 16.5.